The minimum Gasteiger partial charge on any atom is -0.494 e. The van der Waals surface area contributed by atoms with Crippen LogP contribution in [0.15, 0.2) is 115 Å². The van der Waals surface area contributed by atoms with Gasteiger partial charge in [0.15, 0.2) is 0 Å². The zero-order chi connectivity index (χ0) is 29.6. The molecule has 2 N–H and O–H groups in total. The Labute approximate surface area is 247 Å². The van der Waals surface area contributed by atoms with Crippen LogP contribution in [0.25, 0.3) is 0 Å². The summed E-state index contributed by atoms with van der Waals surface area (Å²) in [4.78, 5) is 26.9. The third kappa shape index (κ3) is 9.41. The first-order valence-corrected chi connectivity index (χ1v) is 14.2. The van der Waals surface area contributed by atoms with Crippen molar-refractivity contribution in [1.82, 2.24) is 10.2 Å². The Morgan fingerprint density at radius 1 is 0.762 bits per heavy atom. The molecule has 4 rings (SSSR count). The maximum Gasteiger partial charge on any atom is 0.348 e. The molecule has 0 aliphatic carbocycles. The maximum absolute atomic E-state index is 13.0. The molecule has 0 saturated heterocycles. The number of rotatable bonds is 15. The second-order valence-electron chi connectivity index (χ2n) is 10.3. The second kappa shape index (κ2) is 15.3. The second-order valence-corrected chi connectivity index (χ2v) is 10.3. The average molecular weight is 567 g/mol. The highest BCUT2D eigenvalue weighted by Crippen LogP contribution is 2.24. The lowest BCUT2D eigenvalue weighted by Crippen LogP contribution is -2.43. The fourth-order valence-electron chi connectivity index (χ4n) is 4.57. The molecule has 0 aromatic heterocycles. The summed E-state index contributed by atoms with van der Waals surface area (Å²) < 4.78 is 11.8. The summed E-state index contributed by atoms with van der Waals surface area (Å²) in [6, 6.07) is 36.3. The highest BCUT2D eigenvalue weighted by atomic mass is 16.5. The fraction of sp³-hybridized carbons (Fsp3) is 0.257. The van der Waals surface area contributed by atoms with E-state index in [4.69, 9.17) is 9.47 Å². The molecule has 0 saturated carbocycles. The number of hydrogen-bond acceptors (Lipinski definition) is 4. The number of hydrogen-bond donors (Lipinski definition) is 2. The third-order valence-corrected chi connectivity index (χ3v) is 6.88. The summed E-state index contributed by atoms with van der Waals surface area (Å²) in [6.45, 7) is 3.63. The number of urea groups is 1. The molecule has 4 aromatic rings. The predicted octanol–water partition coefficient (Wildman–Crippen LogP) is 6.37. The van der Waals surface area contributed by atoms with Crippen LogP contribution in [0.4, 0.5) is 4.79 Å². The van der Waals surface area contributed by atoms with Gasteiger partial charge in [-0.3, -0.25) is 0 Å². The summed E-state index contributed by atoms with van der Waals surface area (Å²) in [5.41, 5.74) is 1.66. The van der Waals surface area contributed by atoms with Crippen molar-refractivity contribution < 1.29 is 24.2 Å². The van der Waals surface area contributed by atoms with E-state index in [9.17, 15) is 14.7 Å². The van der Waals surface area contributed by atoms with Crippen LogP contribution in [0.3, 0.4) is 0 Å². The van der Waals surface area contributed by atoms with Crippen LogP contribution >= 0.6 is 0 Å². The summed E-state index contributed by atoms with van der Waals surface area (Å²) in [6.07, 6.45) is 1.63. The SMILES string of the molecule is C[C@@](Cc1ccc(OCCCN(Cc2ccccc2)C(=O)NCCc2ccccc2)cc1)(Oc1ccccc1)C(=O)O. The number of nitrogens with zero attached hydrogens (tertiary/aromatic N) is 1. The van der Waals surface area contributed by atoms with Crippen molar-refractivity contribution in [2.45, 2.75) is 38.3 Å². The first-order valence-electron chi connectivity index (χ1n) is 14.2. The summed E-state index contributed by atoms with van der Waals surface area (Å²) >= 11 is 0. The highest BCUT2D eigenvalue weighted by molar-refractivity contribution is 5.78. The van der Waals surface area contributed by atoms with Gasteiger partial charge in [0.1, 0.15) is 11.5 Å². The minimum atomic E-state index is -1.41. The van der Waals surface area contributed by atoms with Gasteiger partial charge in [-0.1, -0.05) is 91.0 Å². The van der Waals surface area contributed by atoms with Gasteiger partial charge in [0, 0.05) is 26.1 Å². The number of nitrogens with one attached hydrogen (secondary N) is 1. The van der Waals surface area contributed by atoms with E-state index in [0.29, 0.717) is 44.2 Å². The van der Waals surface area contributed by atoms with Gasteiger partial charge in [0.2, 0.25) is 5.60 Å². The molecule has 0 aliphatic heterocycles. The first-order chi connectivity index (χ1) is 20.4. The number of carboxylic acid groups (broad SMARTS) is 1. The Morgan fingerprint density at radius 2 is 1.36 bits per heavy atom. The van der Waals surface area contributed by atoms with Crippen LogP contribution in [0.5, 0.6) is 11.5 Å². The highest BCUT2D eigenvalue weighted by Gasteiger charge is 2.36. The molecule has 0 heterocycles. The average Bonchev–Trinajstić information content (AvgIpc) is 3.01. The van der Waals surface area contributed by atoms with Crippen LogP contribution in [-0.2, 0) is 24.2 Å². The number of amides is 2. The van der Waals surface area contributed by atoms with Crippen molar-refractivity contribution >= 4 is 12.0 Å². The Morgan fingerprint density at radius 3 is 1.98 bits per heavy atom. The number of carboxylic acids is 1. The molecule has 0 spiro atoms. The van der Waals surface area contributed by atoms with Crippen molar-refractivity contribution in [2.24, 2.45) is 0 Å². The molecule has 2 amide bonds. The van der Waals surface area contributed by atoms with E-state index < -0.39 is 11.6 Å². The molecule has 0 aliphatic rings. The van der Waals surface area contributed by atoms with Gasteiger partial charge >= 0.3 is 12.0 Å². The number of para-hydroxylation sites is 1. The molecule has 7 heteroatoms. The van der Waals surface area contributed by atoms with E-state index in [0.717, 1.165) is 17.5 Å². The Balaban J connectivity index is 1.27. The quantitative estimate of drug-likeness (QED) is 0.163. The van der Waals surface area contributed by atoms with Gasteiger partial charge in [-0.05, 0) is 60.7 Å². The van der Waals surface area contributed by atoms with Crippen molar-refractivity contribution in [3.05, 3.63) is 132 Å². The Bertz CT molecular complexity index is 1380. The van der Waals surface area contributed by atoms with Crippen LogP contribution in [-0.4, -0.2) is 47.3 Å². The van der Waals surface area contributed by atoms with Gasteiger partial charge in [0.25, 0.3) is 0 Å². The molecule has 0 bridgehead atoms. The van der Waals surface area contributed by atoms with E-state index in [1.807, 2.05) is 95.9 Å². The van der Waals surface area contributed by atoms with Crippen molar-refractivity contribution in [3.63, 3.8) is 0 Å². The number of benzene rings is 4. The lowest BCUT2D eigenvalue weighted by molar-refractivity contribution is -0.153. The predicted molar refractivity (Wildman–Crippen MR) is 164 cm³/mol. The topological polar surface area (TPSA) is 88.1 Å². The zero-order valence-electron chi connectivity index (χ0n) is 23.9. The number of ether oxygens (including phenoxy) is 2. The summed E-state index contributed by atoms with van der Waals surface area (Å²) in [7, 11) is 0. The van der Waals surface area contributed by atoms with E-state index in [1.54, 1.807) is 19.1 Å². The van der Waals surface area contributed by atoms with Gasteiger partial charge in [-0.2, -0.15) is 0 Å². The van der Waals surface area contributed by atoms with E-state index in [2.05, 4.69) is 17.4 Å². The van der Waals surface area contributed by atoms with Crippen LogP contribution in [0.2, 0.25) is 0 Å². The Kier molecular flexibility index (Phi) is 11.0. The van der Waals surface area contributed by atoms with Gasteiger partial charge in [-0.25, -0.2) is 9.59 Å². The van der Waals surface area contributed by atoms with E-state index >= 15 is 0 Å². The van der Waals surface area contributed by atoms with Crippen molar-refractivity contribution in [1.29, 1.82) is 0 Å². The molecular weight excluding hydrogens is 528 g/mol. The minimum absolute atomic E-state index is 0.0988. The maximum atomic E-state index is 13.0. The molecule has 1 atom stereocenters. The van der Waals surface area contributed by atoms with Crippen LogP contribution in [0.1, 0.15) is 30.0 Å². The van der Waals surface area contributed by atoms with E-state index in [-0.39, 0.29) is 12.5 Å². The lowest BCUT2D eigenvalue weighted by atomic mass is 9.96. The summed E-state index contributed by atoms with van der Waals surface area (Å²) in [5.74, 6) is 0.158. The van der Waals surface area contributed by atoms with Crippen LogP contribution in [0, 0.1) is 0 Å². The fourth-order valence-corrected chi connectivity index (χ4v) is 4.57. The molecule has 42 heavy (non-hydrogen) atoms. The standard InChI is InChI=1S/C35H38N2O5/c1-35(33(38)39,42-32-16-9-4-10-17-32)26-29-18-20-31(21-19-29)41-25-11-24-37(27-30-14-7-3-8-15-30)34(40)36-23-22-28-12-5-2-6-13-28/h2-10,12-21H,11,22-27H2,1H3,(H,36,40)(H,38,39)/t35-/m0/s1. The Hall–Kier alpha value is -4.78. The normalized spacial score (nSPS) is 12.1. The smallest absolute Gasteiger partial charge is 0.348 e. The molecule has 218 valence electrons. The first kappa shape index (κ1) is 30.2. The molecule has 4 aromatic carbocycles. The van der Waals surface area contributed by atoms with Crippen molar-refractivity contribution in [3.8, 4) is 11.5 Å². The van der Waals surface area contributed by atoms with Gasteiger partial charge < -0.3 is 24.8 Å². The molecule has 7 nitrogen and oxygen atoms in total. The van der Waals surface area contributed by atoms with Crippen LogP contribution < -0.4 is 14.8 Å². The zero-order valence-corrected chi connectivity index (χ0v) is 23.9. The summed E-state index contributed by atoms with van der Waals surface area (Å²) in [5, 5.41) is 12.9. The molecule has 0 radical (unpaired) electrons. The van der Waals surface area contributed by atoms with E-state index in [1.165, 1.54) is 5.56 Å². The molecule has 0 fully saturated rings. The monoisotopic (exact) mass is 566 g/mol. The van der Waals surface area contributed by atoms with Gasteiger partial charge in [-0.15, -0.1) is 0 Å². The molecular formula is C35H38N2O5. The van der Waals surface area contributed by atoms with Crippen molar-refractivity contribution in [2.75, 3.05) is 19.7 Å². The molecule has 0 unspecified atom stereocenters. The third-order valence-electron chi connectivity index (χ3n) is 6.88. The number of aliphatic carboxylic acids is 1. The number of carbonyl (C=O) groups is 2. The number of carbonyl (C=O) groups excluding carboxylic acids is 1. The lowest BCUT2D eigenvalue weighted by Gasteiger charge is -2.26. The van der Waals surface area contributed by atoms with Gasteiger partial charge in [0.05, 0.1) is 6.61 Å². The largest absolute Gasteiger partial charge is 0.494 e.